The Balaban J connectivity index is 1.30. The summed E-state index contributed by atoms with van der Waals surface area (Å²) in [5.74, 6) is 1.81. The standard InChI is InChI=1S/C26H27ClN4O/c1-20-9-11-23(12-10-20)32-18-26-28-24-7-2-3-8-25(24)31(26)19-29-13-15-30(16-14-29)22-6-4-5-21(27)17-22/h2-12,17H,13-16,18-19H2,1H3. The third kappa shape index (κ3) is 4.59. The highest BCUT2D eigenvalue weighted by Gasteiger charge is 2.20. The fourth-order valence-corrected chi connectivity index (χ4v) is 4.38. The number of para-hydroxylation sites is 2. The molecular weight excluding hydrogens is 420 g/mol. The molecule has 3 aromatic carbocycles. The summed E-state index contributed by atoms with van der Waals surface area (Å²) in [4.78, 5) is 9.74. The fourth-order valence-electron chi connectivity index (χ4n) is 4.20. The Labute approximate surface area is 193 Å². The molecule has 6 heteroatoms. The zero-order valence-electron chi connectivity index (χ0n) is 18.2. The highest BCUT2D eigenvalue weighted by atomic mass is 35.5. The largest absolute Gasteiger partial charge is 0.486 e. The van der Waals surface area contributed by atoms with Crippen LogP contribution in [0.5, 0.6) is 5.75 Å². The summed E-state index contributed by atoms with van der Waals surface area (Å²) in [6.45, 7) is 7.24. The zero-order valence-corrected chi connectivity index (χ0v) is 19.0. The molecule has 1 aliphatic heterocycles. The van der Waals surface area contributed by atoms with E-state index < -0.39 is 0 Å². The molecule has 5 rings (SSSR count). The van der Waals surface area contributed by atoms with E-state index in [9.17, 15) is 0 Å². The number of aromatic nitrogens is 2. The number of aryl methyl sites for hydroxylation is 1. The van der Waals surface area contributed by atoms with Gasteiger partial charge in [-0.3, -0.25) is 4.90 Å². The molecule has 0 saturated carbocycles. The molecule has 0 spiro atoms. The van der Waals surface area contributed by atoms with Crippen LogP contribution < -0.4 is 9.64 Å². The molecule has 1 aliphatic rings. The molecule has 32 heavy (non-hydrogen) atoms. The number of rotatable bonds is 6. The van der Waals surface area contributed by atoms with Gasteiger partial charge in [0.2, 0.25) is 0 Å². The Morgan fingerprint density at radius 3 is 2.47 bits per heavy atom. The molecule has 0 unspecified atom stereocenters. The van der Waals surface area contributed by atoms with E-state index in [1.54, 1.807) is 0 Å². The third-order valence-electron chi connectivity index (χ3n) is 6.01. The van der Waals surface area contributed by atoms with Gasteiger partial charge in [-0.15, -0.1) is 0 Å². The minimum absolute atomic E-state index is 0.445. The normalized spacial score (nSPS) is 14.8. The van der Waals surface area contributed by atoms with E-state index in [1.165, 1.54) is 11.3 Å². The van der Waals surface area contributed by atoms with Crippen LogP contribution in [0, 0.1) is 6.92 Å². The number of nitrogens with zero attached hydrogens (tertiary/aromatic N) is 4. The predicted molar refractivity (Wildman–Crippen MR) is 130 cm³/mol. The first-order valence-corrected chi connectivity index (χ1v) is 11.4. The lowest BCUT2D eigenvalue weighted by atomic mass is 10.2. The topological polar surface area (TPSA) is 33.5 Å². The van der Waals surface area contributed by atoms with Gasteiger partial charge in [0.1, 0.15) is 18.2 Å². The maximum atomic E-state index is 6.18. The molecule has 0 N–H and O–H groups in total. The van der Waals surface area contributed by atoms with Crippen molar-refractivity contribution in [1.82, 2.24) is 14.5 Å². The summed E-state index contributed by atoms with van der Waals surface area (Å²) in [7, 11) is 0. The van der Waals surface area contributed by atoms with Crippen molar-refractivity contribution in [1.29, 1.82) is 0 Å². The van der Waals surface area contributed by atoms with E-state index in [2.05, 4.69) is 57.7 Å². The molecular formula is C26H27ClN4O. The summed E-state index contributed by atoms with van der Waals surface area (Å²) in [6, 6.07) is 24.6. The average molecular weight is 447 g/mol. The Morgan fingerprint density at radius 2 is 1.69 bits per heavy atom. The number of fused-ring (bicyclic) bond motifs is 1. The maximum absolute atomic E-state index is 6.18. The van der Waals surface area contributed by atoms with Gasteiger partial charge < -0.3 is 14.2 Å². The SMILES string of the molecule is Cc1ccc(OCc2nc3ccccc3n2CN2CCN(c3cccc(Cl)c3)CC2)cc1. The molecule has 164 valence electrons. The molecule has 2 heterocycles. The van der Waals surface area contributed by atoms with Gasteiger partial charge in [-0.05, 0) is 49.4 Å². The number of hydrogen-bond donors (Lipinski definition) is 0. The highest BCUT2D eigenvalue weighted by Crippen LogP contribution is 2.23. The van der Waals surface area contributed by atoms with Gasteiger partial charge in [0.05, 0.1) is 17.7 Å². The Kier molecular flexibility index (Phi) is 6.02. The number of ether oxygens (including phenoxy) is 1. The minimum atomic E-state index is 0.445. The van der Waals surface area contributed by atoms with Gasteiger partial charge in [-0.1, -0.05) is 47.5 Å². The summed E-state index contributed by atoms with van der Waals surface area (Å²) in [5, 5.41) is 0.785. The molecule has 5 nitrogen and oxygen atoms in total. The van der Waals surface area contributed by atoms with Gasteiger partial charge in [0.15, 0.2) is 0 Å². The van der Waals surface area contributed by atoms with Crippen molar-refractivity contribution in [2.24, 2.45) is 0 Å². The Morgan fingerprint density at radius 1 is 0.906 bits per heavy atom. The lowest BCUT2D eigenvalue weighted by Gasteiger charge is -2.36. The Hall–Kier alpha value is -3.02. The van der Waals surface area contributed by atoms with Crippen LogP contribution in [0.2, 0.25) is 5.02 Å². The lowest BCUT2D eigenvalue weighted by molar-refractivity contribution is 0.198. The van der Waals surface area contributed by atoms with Crippen molar-refractivity contribution in [3.8, 4) is 5.75 Å². The van der Waals surface area contributed by atoms with Crippen LogP contribution >= 0.6 is 11.6 Å². The van der Waals surface area contributed by atoms with Gasteiger partial charge >= 0.3 is 0 Å². The molecule has 1 saturated heterocycles. The first kappa shape index (κ1) is 20.9. The smallest absolute Gasteiger partial charge is 0.149 e. The van der Waals surface area contributed by atoms with Crippen molar-refractivity contribution in [2.75, 3.05) is 31.1 Å². The fraction of sp³-hybridized carbons (Fsp3) is 0.269. The number of anilines is 1. The number of halogens is 1. The minimum Gasteiger partial charge on any atom is -0.486 e. The van der Waals surface area contributed by atoms with Gasteiger partial charge in [0.25, 0.3) is 0 Å². The summed E-state index contributed by atoms with van der Waals surface area (Å²) >= 11 is 6.18. The molecule has 0 amide bonds. The van der Waals surface area contributed by atoms with E-state index in [0.717, 1.165) is 60.5 Å². The summed E-state index contributed by atoms with van der Waals surface area (Å²) in [5.41, 5.74) is 4.57. The summed E-state index contributed by atoms with van der Waals surface area (Å²) in [6.07, 6.45) is 0. The van der Waals surface area contributed by atoms with E-state index in [4.69, 9.17) is 21.3 Å². The lowest BCUT2D eigenvalue weighted by Crippen LogP contribution is -2.47. The van der Waals surface area contributed by atoms with E-state index in [-0.39, 0.29) is 0 Å². The second kappa shape index (κ2) is 9.23. The van der Waals surface area contributed by atoms with Crippen LogP contribution in [0.15, 0.2) is 72.8 Å². The summed E-state index contributed by atoms with van der Waals surface area (Å²) < 4.78 is 8.36. The first-order chi connectivity index (χ1) is 15.7. The van der Waals surface area contributed by atoms with Crippen molar-refractivity contribution < 1.29 is 4.74 Å². The van der Waals surface area contributed by atoms with E-state index >= 15 is 0 Å². The number of piperazine rings is 1. The molecule has 0 bridgehead atoms. The van der Waals surface area contributed by atoms with Crippen LogP contribution in [0.3, 0.4) is 0 Å². The van der Waals surface area contributed by atoms with Gasteiger partial charge in [-0.2, -0.15) is 0 Å². The number of hydrogen-bond acceptors (Lipinski definition) is 4. The predicted octanol–water partition coefficient (Wildman–Crippen LogP) is 5.36. The van der Waals surface area contributed by atoms with E-state index in [1.807, 2.05) is 36.4 Å². The third-order valence-corrected chi connectivity index (χ3v) is 6.24. The van der Waals surface area contributed by atoms with Crippen LogP contribution in [0.25, 0.3) is 11.0 Å². The van der Waals surface area contributed by atoms with Crippen molar-refractivity contribution in [3.63, 3.8) is 0 Å². The van der Waals surface area contributed by atoms with Gasteiger partial charge in [-0.25, -0.2) is 4.98 Å². The average Bonchev–Trinajstić information content (AvgIpc) is 3.16. The van der Waals surface area contributed by atoms with Crippen molar-refractivity contribution in [2.45, 2.75) is 20.2 Å². The molecule has 4 aromatic rings. The molecule has 0 aliphatic carbocycles. The second-order valence-corrected chi connectivity index (χ2v) is 8.71. The highest BCUT2D eigenvalue weighted by molar-refractivity contribution is 6.30. The molecule has 0 atom stereocenters. The molecule has 1 fully saturated rings. The number of benzene rings is 3. The van der Waals surface area contributed by atoms with Crippen molar-refractivity contribution >= 4 is 28.3 Å². The maximum Gasteiger partial charge on any atom is 0.149 e. The first-order valence-electron chi connectivity index (χ1n) is 11.0. The monoisotopic (exact) mass is 446 g/mol. The van der Waals surface area contributed by atoms with Crippen LogP contribution in [0.1, 0.15) is 11.4 Å². The van der Waals surface area contributed by atoms with Crippen LogP contribution in [-0.4, -0.2) is 40.6 Å². The van der Waals surface area contributed by atoms with E-state index in [0.29, 0.717) is 6.61 Å². The van der Waals surface area contributed by atoms with Crippen LogP contribution in [-0.2, 0) is 13.3 Å². The molecule has 1 aromatic heterocycles. The zero-order chi connectivity index (χ0) is 21.9. The van der Waals surface area contributed by atoms with Crippen LogP contribution in [0.4, 0.5) is 5.69 Å². The Bertz CT molecular complexity index is 1200. The number of imidazole rings is 1. The molecule has 0 radical (unpaired) electrons. The van der Waals surface area contributed by atoms with Gasteiger partial charge in [0, 0.05) is 36.9 Å². The van der Waals surface area contributed by atoms with Crippen molar-refractivity contribution in [3.05, 3.63) is 89.2 Å². The second-order valence-electron chi connectivity index (χ2n) is 8.27. The quantitative estimate of drug-likeness (QED) is 0.399.